The third-order valence-electron chi connectivity index (χ3n) is 9.13. The lowest BCUT2D eigenvalue weighted by Crippen LogP contribution is -2.07. The summed E-state index contributed by atoms with van der Waals surface area (Å²) in [6, 6.07) is 39.5. The first kappa shape index (κ1) is 29.1. The summed E-state index contributed by atoms with van der Waals surface area (Å²) in [5, 5.41) is 25.0. The smallest absolute Gasteiger partial charge is 0.309 e. The highest BCUT2D eigenvalue weighted by molar-refractivity contribution is 6.11. The first-order valence-electron chi connectivity index (χ1n) is 15.4. The van der Waals surface area contributed by atoms with Gasteiger partial charge in [0.15, 0.2) is 0 Å². The summed E-state index contributed by atoms with van der Waals surface area (Å²) >= 11 is 0. The van der Waals surface area contributed by atoms with Crippen molar-refractivity contribution in [3.8, 4) is 34.6 Å². The maximum absolute atomic E-state index is 13.8. The van der Waals surface area contributed by atoms with E-state index in [1.54, 1.807) is 6.07 Å². The largest absolute Gasteiger partial charge is 0.416 e. The molecule has 0 N–H and O–H groups in total. The zero-order chi connectivity index (χ0) is 33.3. The van der Waals surface area contributed by atoms with E-state index < -0.39 is 11.7 Å². The van der Waals surface area contributed by atoms with Crippen LogP contribution in [0.5, 0.6) is 0 Å². The van der Waals surface area contributed by atoms with E-state index in [-0.39, 0.29) is 5.56 Å². The maximum Gasteiger partial charge on any atom is 0.416 e. The molecule has 0 saturated carbocycles. The van der Waals surface area contributed by atoms with Gasteiger partial charge in [-0.3, -0.25) is 0 Å². The number of para-hydroxylation sites is 2. The minimum atomic E-state index is -4.62. The number of aryl methyl sites for hydroxylation is 2. The van der Waals surface area contributed by atoms with Crippen molar-refractivity contribution < 1.29 is 13.2 Å². The summed E-state index contributed by atoms with van der Waals surface area (Å²) in [5.74, 6) is 0. The third kappa shape index (κ3) is 4.36. The molecule has 8 aromatic rings. The molecular formula is C41H25F3N4. The molecule has 8 rings (SSSR count). The van der Waals surface area contributed by atoms with Crippen LogP contribution in [0.4, 0.5) is 13.2 Å². The molecule has 2 aromatic heterocycles. The molecule has 0 radical (unpaired) electrons. The molecular weight excluding hydrogens is 605 g/mol. The normalized spacial score (nSPS) is 11.8. The van der Waals surface area contributed by atoms with Crippen LogP contribution < -0.4 is 0 Å². The fourth-order valence-electron chi connectivity index (χ4n) is 6.99. The number of aromatic nitrogens is 2. The quantitative estimate of drug-likeness (QED) is 0.195. The standard InChI is InChI=1S/C41H25F3N4/c1-24-11-15-37-32(17-24)30-7-3-5-9-35(30)47(37)39-21-34(29-14-13-28(41(42,43)44)19-26(29)22-45)40(20-27(39)23-46)48-36-10-6-4-8-31(36)33-18-25(2)12-16-38(33)48/h3-21H,1-2H3. The second-order valence-corrected chi connectivity index (χ2v) is 12.1. The first-order valence-corrected chi connectivity index (χ1v) is 15.4. The van der Waals surface area contributed by atoms with Gasteiger partial charge in [-0.2, -0.15) is 23.7 Å². The number of rotatable bonds is 3. The van der Waals surface area contributed by atoms with Crippen molar-refractivity contribution in [1.29, 1.82) is 10.5 Å². The van der Waals surface area contributed by atoms with E-state index in [1.165, 1.54) is 6.07 Å². The topological polar surface area (TPSA) is 57.4 Å². The van der Waals surface area contributed by atoms with Crippen molar-refractivity contribution in [2.45, 2.75) is 20.0 Å². The second-order valence-electron chi connectivity index (χ2n) is 12.1. The summed E-state index contributed by atoms with van der Waals surface area (Å²) in [4.78, 5) is 0. The van der Waals surface area contributed by atoms with Gasteiger partial charge in [0.05, 0.1) is 56.2 Å². The Morgan fingerprint density at radius 2 is 1.02 bits per heavy atom. The summed E-state index contributed by atoms with van der Waals surface area (Å²) in [6.07, 6.45) is -4.62. The number of benzene rings is 6. The zero-order valence-corrected chi connectivity index (χ0v) is 25.9. The Morgan fingerprint density at radius 1 is 0.500 bits per heavy atom. The summed E-state index contributed by atoms with van der Waals surface area (Å²) in [5.41, 5.74) is 7.04. The van der Waals surface area contributed by atoms with Crippen molar-refractivity contribution in [3.05, 3.63) is 143 Å². The highest BCUT2D eigenvalue weighted by atomic mass is 19.4. The predicted octanol–water partition coefficient (Wildman–Crippen LogP) is 10.9. The molecule has 230 valence electrons. The second kappa shape index (κ2) is 10.6. The zero-order valence-electron chi connectivity index (χ0n) is 25.9. The van der Waals surface area contributed by atoms with Crippen LogP contribution in [0, 0.1) is 36.5 Å². The summed E-state index contributed by atoms with van der Waals surface area (Å²) in [7, 11) is 0. The summed E-state index contributed by atoms with van der Waals surface area (Å²) < 4.78 is 45.6. The van der Waals surface area contributed by atoms with Crippen LogP contribution in [0.25, 0.3) is 66.1 Å². The minimum Gasteiger partial charge on any atom is -0.309 e. The van der Waals surface area contributed by atoms with Crippen molar-refractivity contribution in [2.75, 3.05) is 0 Å². The van der Waals surface area contributed by atoms with Crippen LogP contribution in [0.3, 0.4) is 0 Å². The molecule has 0 aliphatic carbocycles. The van der Waals surface area contributed by atoms with Gasteiger partial charge < -0.3 is 9.13 Å². The van der Waals surface area contributed by atoms with Crippen molar-refractivity contribution in [3.63, 3.8) is 0 Å². The predicted molar refractivity (Wildman–Crippen MR) is 184 cm³/mol. The SMILES string of the molecule is Cc1ccc2c(c1)c1ccccc1n2-c1cc(-c2ccc(C(F)(F)F)cc2C#N)c(-n2c3ccccc3c3cc(C)ccc32)cc1C#N. The van der Waals surface area contributed by atoms with Crippen molar-refractivity contribution in [1.82, 2.24) is 9.13 Å². The minimum absolute atomic E-state index is 0.115. The molecule has 4 nitrogen and oxygen atoms in total. The lowest BCUT2D eigenvalue weighted by Gasteiger charge is -2.20. The van der Waals surface area contributed by atoms with Crippen LogP contribution in [-0.4, -0.2) is 9.13 Å². The highest BCUT2D eigenvalue weighted by Gasteiger charge is 2.32. The van der Waals surface area contributed by atoms with Gasteiger partial charge >= 0.3 is 6.18 Å². The average Bonchev–Trinajstić information content (AvgIpc) is 3.59. The van der Waals surface area contributed by atoms with Crippen molar-refractivity contribution >= 4 is 43.6 Å². The van der Waals surface area contributed by atoms with E-state index >= 15 is 0 Å². The molecule has 0 aliphatic rings. The molecule has 0 saturated heterocycles. The number of hydrogen-bond acceptors (Lipinski definition) is 2. The van der Waals surface area contributed by atoms with E-state index in [2.05, 4.69) is 18.2 Å². The van der Waals surface area contributed by atoms with Gasteiger partial charge in [0, 0.05) is 32.7 Å². The van der Waals surface area contributed by atoms with E-state index in [0.717, 1.165) is 66.9 Å². The first-order chi connectivity index (χ1) is 23.2. The molecule has 2 heterocycles. The third-order valence-corrected chi connectivity index (χ3v) is 9.13. The number of halogens is 3. The molecule has 0 spiro atoms. The van der Waals surface area contributed by atoms with Gasteiger partial charge in [-0.15, -0.1) is 0 Å². The molecule has 0 atom stereocenters. The van der Waals surface area contributed by atoms with E-state index in [1.807, 2.05) is 108 Å². The lowest BCUT2D eigenvalue weighted by atomic mass is 9.94. The Hall–Kier alpha value is -6.31. The monoisotopic (exact) mass is 630 g/mol. The molecule has 0 amide bonds. The van der Waals surface area contributed by atoms with E-state index in [4.69, 9.17) is 0 Å². The summed E-state index contributed by atoms with van der Waals surface area (Å²) in [6.45, 7) is 4.05. The van der Waals surface area contributed by atoms with Crippen LogP contribution in [-0.2, 0) is 6.18 Å². The Morgan fingerprint density at radius 3 is 1.56 bits per heavy atom. The molecule has 0 unspecified atom stereocenters. The van der Waals surface area contributed by atoms with Gasteiger partial charge in [0.2, 0.25) is 0 Å². The molecule has 0 aliphatic heterocycles. The van der Waals surface area contributed by atoms with E-state index in [0.29, 0.717) is 28.1 Å². The fourth-order valence-corrected chi connectivity index (χ4v) is 6.99. The van der Waals surface area contributed by atoms with Gasteiger partial charge in [0.1, 0.15) is 6.07 Å². The molecule has 6 aromatic carbocycles. The van der Waals surface area contributed by atoms with Crippen LogP contribution in [0.1, 0.15) is 27.8 Å². The van der Waals surface area contributed by atoms with Crippen LogP contribution in [0.2, 0.25) is 0 Å². The van der Waals surface area contributed by atoms with Gasteiger partial charge in [-0.25, -0.2) is 0 Å². The van der Waals surface area contributed by atoms with E-state index in [9.17, 15) is 23.7 Å². The number of alkyl halides is 3. The average molecular weight is 631 g/mol. The maximum atomic E-state index is 13.8. The highest BCUT2D eigenvalue weighted by Crippen LogP contribution is 2.42. The molecule has 0 fully saturated rings. The number of fused-ring (bicyclic) bond motifs is 6. The van der Waals surface area contributed by atoms with Gasteiger partial charge in [-0.1, -0.05) is 65.7 Å². The van der Waals surface area contributed by atoms with Crippen LogP contribution in [0.15, 0.2) is 115 Å². The van der Waals surface area contributed by atoms with Crippen molar-refractivity contribution in [2.24, 2.45) is 0 Å². The number of nitrogens with zero attached hydrogens (tertiary/aromatic N) is 4. The molecule has 0 bridgehead atoms. The Kier molecular flexibility index (Phi) is 6.44. The fraction of sp³-hybridized carbons (Fsp3) is 0.0732. The Bertz CT molecular complexity index is 2710. The Balaban J connectivity index is 1.54. The Labute approximate surface area is 273 Å². The van der Waals surface area contributed by atoms with Crippen LogP contribution >= 0.6 is 0 Å². The van der Waals surface area contributed by atoms with Gasteiger partial charge in [-0.05, 0) is 74.5 Å². The number of hydrogen-bond donors (Lipinski definition) is 0. The molecule has 48 heavy (non-hydrogen) atoms. The lowest BCUT2D eigenvalue weighted by molar-refractivity contribution is -0.137. The van der Waals surface area contributed by atoms with Gasteiger partial charge in [0.25, 0.3) is 0 Å². The molecule has 7 heteroatoms. The number of nitriles is 2.